The van der Waals surface area contributed by atoms with E-state index in [1.54, 1.807) is 7.11 Å². The monoisotopic (exact) mass is 299 g/mol. The average molecular weight is 299 g/mol. The van der Waals surface area contributed by atoms with Crippen LogP contribution in [0, 0.1) is 0 Å². The van der Waals surface area contributed by atoms with Gasteiger partial charge in [0.2, 0.25) is 0 Å². The highest BCUT2D eigenvalue weighted by Gasteiger charge is 2.19. The standard InChI is InChI=1S/C17H21N3O2/c1-19-8-10-20(11-9-19)17(21)18-16-5-3-4-13-6-7-14(22-2)12-15(13)16/h3-7,12H,8-11H2,1-2H3,(H,18,21). The highest BCUT2D eigenvalue weighted by molar-refractivity contribution is 6.02. The zero-order valence-corrected chi connectivity index (χ0v) is 13.0. The third kappa shape index (κ3) is 2.99. The largest absolute Gasteiger partial charge is 0.497 e. The summed E-state index contributed by atoms with van der Waals surface area (Å²) < 4.78 is 5.28. The number of nitrogens with one attached hydrogen (secondary N) is 1. The first-order chi connectivity index (χ1) is 10.7. The Bertz CT molecular complexity index is 679. The fourth-order valence-corrected chi connectivity index (χ4v) is 2.69. The van der Waals surface area contributed by atoms with Crippen LogP contribution in [0.2, 0.25) is 0 Å². The topological polar surface area (TPSA) is 44.8 Å². The predicted octanol–water partition coefficient (Wildman–Crippen LogP) is 2.63. The van der Waals surface area contributed by atoms with Crippen molar-refractivity contribution < 1.29 is 9.53 Å². The number of rotatable bonds is 2. The number of ether oxygens (including phenoxy) is 1. The van der Waals surface area contributed by atoms with Gasteiger partial charge in [0, 0.05) is 31.6 Å². The molecular weight excluding hydrogens is 278 g/mol. The highest BCUT2D eigenvalue weighted by Crippen LogP contribution is 2.27. The molecule has 1 heterocycles. The van der Waals surface area contributed by atoms with E-state index < -0.39 is 0 Å². The van der Waals surface area contributed by atoms with Crippen molar-refractivity contribution >= 4 is 22.5 Å². The van der Waals surface area contributed by atoms with Crippen molar-refractivity contribution in [3.63, 3.8) is 0 Å². The molecule has 5 heteroatoms. The Labute approximate surface area is 130 Å². The minimum absolute atomic E-state index is 0.0385. The van der Waals surface area contributed by atoms with Gasteiger partial charge in [-0.2, -0.15) is 0 Å². The first-order valence-corrected chi connectivity index (χ1v) is 7.48. The van der Waals surface area contributed by atoms with Gasteiger partial charge in [-0.15, -0.1) is 0 Å². The molecule has 2 amide bonds. The van der Waals surface area contributed by atoms with Crippen molar-refractivity contribution in [1.29, 1.82) is 0 Å². The Balaban J connectivity index is 1.82. The second kappa shape index (κ2) is 6.23. The van der Waals surface area contributed by atoms with Gasteiger partial charge < -0.3 is 19.9 Å². The summed E-state index contributed by atoms with van der Waals surface area (Å²) in [6.45, 7) is 3.35. The van der Waals surface area contributed by atoms with Crippen LogP contribution in [-0.2, 0) is 0 Å². The van der Waals surface area contributed by atoms with E-state index in [0.29, 0.717) is 0 Å². The maximum atomic E-state index is 12.4. The fraction of sp³-hybridized carbons (Fsp3) is 0.353. The van der Waals surface area contributed by atoms with Crippen LogP contribution in [0.5, 0.6) is 5.75 Å². The van der Waals surface area contributed by atoms with Gasteiger partial charge in [0.15, 0.2) is 0 Å². The molecule has 0 aromatic heterocycles. The zero-order valence-electron chi connectivity index (χ0n) is 13.0. The van der Waals surface area contributed by atoms with Crippen LogP contribution < -0.4 is 10.1 Å². The maximum absolute atomic E-state index is 12.4. The Kier molecular flexibility index (Phi) is 4.15. The predicted molar refractivity (Wildman–Crippen MR) is 88.6 cm³/mol. The molecule has 0 spiro atoms. The highest BCUT2D eigenvalue weighted by atomic mass is 16.5. The lowest BCUT2D eigenvalue weighted by Crippen LogP contribution is -2.48. The Morgan fingerprint density at radius 1 is 1.14 bits per heavy atom. The minimum Gasteiger partial charge on any atom is -0.497 e. The number of anilines is 1. The molecule has 0 unspecified atom stereocenters. The molecule has 5 nitrogen and oxygen atoms in total. The molecule has 2 aromatic rings. The van der Waals surface area contributed by atoms with Crippen molar-refractivity contribution in [2.45, 2.75) is 0 Å². The van der Waals surface area contributed by atoms with E-state index in [1.807, 2.05) is 41.3 Å². The lowest BCUT2D eigenvalue weighted by molar-refractivity contribution is 0.164. The lowest BCUT2D eigenvalue weighted by atomic mass is 10.1. The summed E-state index contributed by atoms with van der Waals surface area (Å²) in [6, 6.07) is 11.7. The summed E-state index contributed by atoms with van der Waals surface area (Å²) in [4.78, 5) is 16.5. The molecule has 1 aliphatic heterocycles. The number of benzene rings is 2. The van der Waals surface area contributed by atoms with Gasteiger partial charge >= 0.3 is 6.03 Å². The van der Waals surface area contributed by atoms with Crippen molar-refractivity contribution in [3.05, 3.63) is 36.4 Å². The molecule has 0 radical (unpaired) electrons. The van der Waals surface area contributed by atoms with E-state index in [-0.39, 0.29) is 6.03 Å². The zero-order chi connectivity index (χ0) is 15.5. The summed E-state index contributed by atoms with van der Waals surface area (Å²) in [7, 11) is 3.72. The number of piperazine rings is 1. The fourth-order valence-electron chi connectivity index (χ4n) is 2.69. The van der Waals surface area contributed by atoms with Gasteiger partial charge in [0.1, 0.15) is 5.75 Å². The first-order valence-electron chi connectivity index (χ1n) is 7.48. The van der Waals surface area contributed by atoms with Gasteiger partial charge in [0.05, 0.1) is 12.8 Å². The van der Waals surface area contributed by atoms with Crippen molar-refractivity contribution in [3.8, 4) is 5.75 Å². The molecule has 0 bridgehead atoms. The summed E-state index contributed by atoms with van der Waals surface area (Å²) in [5.41, 5.74) is 0.820. The molecule has 1 N–H and O–H groups in total. The number of amides is 2. The molecule has 2 aromatic carbocycles. The van der Waals surface area contributed by atoms with Crippen LogP contribution >= 0.6 is 0 Å². The normalized spacial score (nSPS) is 15.8. The molecule has 3 rings (SSSR count). The molecular formula is C17H21N3O2. The number of carbonyl (C=O) groups excluding carboxylic acids is 1. The van der Waals surface area contributed by atoms with Crippen molar-refractivity contribution in [1.82, 2.24) is 9.80 Å². The Morgan fingerprint density at radius 3 is 2.64 bits per heavy atom. The first kappa shape index (κ1) is 14.7. The van der Waals surface area contributed by atoms with E-state index in [9.17, 15) is 4.79 Å². The van der Waals surface area contributed by atoms with E-state index in [4.69, 9.17) is 4.74 Å². The number of carbonyl (C=O) groups is 1. The second-order valence-electron chi connectivity index (χ2n) is 5.61. The quantitative estimate of drug-likeness (QED) is 0.927. The van der Waals surface area contributed by atoms with Crippen LogP contribution in [0.25, 0.3) is 10.8 Å². The van der Waals surface area contributed by atoms with Gasteiger partial charge in [-0.25, -0.2) is 4.79 Å². The summed E-state index contributed by atoms with van der Waals surface area (Å²) >= 11 is 0. The number of nitrogens with zero attached hydrogens (tertiary/aromatic N) is 2. The Morgan fingerprint density at radius 2 is 1.91 bits per heavy atom. The van der Waals surface area contributed by atoms with E-state index in [2.05, 4.69) is 17.3 Å². The number of fused-ring (bicyclic) bond motifs is 1. The number of methoxy groups -OCH3 is 1. The molecule has 0 atom stereocenters. The van der Waals surface area contributed by atoms with E-state index in [1.165, 1.54) is 0 Å². The minimum atomic E-state index is -0.0385. The van der Waals surface area contributed by atoms with Gasteiger partial charge in [-0.3, -0.25) is 0 Å². The number of hydrogen-bond acceptors (Lipinski definition) is 3. The van der Waals surface area contributed by atoms with Crippen LogP contribution in [0.3, 0.4) is 0 Å². The smallest absolute Gasteiger partial charge is 0.321 e. The van der Waals surface area contributed by atoms with E-state index in [0.717, 1.165) is 48.4 Å². The number of hydrogen-bond donors (Lipinski definition) is 1. The molecule has 116 valence electrons. The maximum Gasteiger partial charge on any atom is 0.321 e. The third-order valence-corrected chi connectivity index (χ3v) is 4.12. The summed E-state index contributed by atoms with van der Waals surface area (Å²) in [5.74, 6) is 0.786. The second-order valence-corrected chi connectivity index (χ2v) is 5.61. The molecule has 0 saturated carbocycles. The van der Waals surface area contributed by atoms with Crippen LogP contribution in [0.15, 0.2) is 36.4 Å². The molecule has 1 saturated heterocycles. The van der Waals surface area contributed by atoms with Crippen LogP contribution in [0.4, 0.5) is 10.5 Å². The lowest BCUT2D eigenvalue weighted by Gasteiger charge is -2.32. The van der Waals surface area contributed by atoms with Gasteiger partial charge in [-0.1, -0.05) is 18.2 Å². The number of urea groups is 1. The Hall–Kier alpha value is -2.27. The van der Waals surface area contributed by atoms with Crippen molar-refractivity contribution in [2.24, 2.45) is 0 Å². The van der Waals surface area contributed by atoms with Crippen LogP contribution in [-0.4, -0.2) is 56.2 Å². The molecule has 1 fully saturated rings. The molecule has 0 aliphatic carbocycles. The average Bonchev–Trinajstić information content (AvgIpc) is 2.55. The third-order valence-electron chi connectivity index (χ3n) is 4.12. The van der Waals surface area contributed by atoms with Gasteiger partial charge in [0.25, 0.3) is 0 Å². The molecule has 1 aliphatic rings. The van der Waals surface area contributed by atoms with Crippen LogP contribution in [0.1, 0.15) is 0 Å². The van der Waals surface area contributed by atoms with Crippen molar-refractivity contribution in [2.75, 3.05) is 45.7 Å². The molecule has 22 heavy (non-hydrogen) atoms. The van der Waals surface area contributed by atoms with Gasteiger partial charge in [-0.05, 0) is 30.6 Å². The summed E-state index contributed by atoms with van der Waals surface area (Å²) in [6.07, 6.45) is 0. The summed E-state index contributed by atoms with van der Waals surface area (Å²) in [5, 5.41) is 5.10. The SMILES string of the molecule is COc1ccc2cccc(NC(=O)N3CCN(C)CC3)c2c1. The number of likely N-dealkylation sites (N-methyl/N-ethyl adjacent to an activating group) is 1. The van der Waals surface area contributed by atoms with E-state index >= 15 is 0 Å².